The Balaban J connectivity index is 1.28. The summed E-state index contributed by atoms with van der Waals surface area (Å²) in [5, 5.41) is 3.30. The fourth-order valence-corrected chi connectivity index (χ4v) is 6.20. The highest BCUT2D eigenvalue weighted by atomic mass is 79.9. The van der Waals surface area contributed by atoms with Crippen LogP contribution in [0.15, 0.2) is 59.1 Å². The van der Waals surface area contributed by atoms with Crippen LogP contribution >= 0.6 is 27.5 Å². The quantitative estimate of drug-likeness (QED) is 0.484. The van der Waals surface area contributed by atoms with Crippen LogP contribution in [-0.4, -0.2) is 17.7 Å². The number of benzene rings is 2. The van der Waals surface area contributed by atoms with Crippen LogP contribution in [0, 0.1) is 35.5 Å². The molecule has 3 fully saturated rings. The minimum Gasteiger partial charge on any atom is -0.322 e. The van der Waals surface area contributed by atoms with Gasteiger partial charge >= 0.3 is 0 Å². The smallest absolute Gasteiger partial charge is 0.255 e. The number of allylic oxidation sites excluding steroid dienone is 2. The standard InChI is InChI=1S/C24H18BrClN2O3/c25-18-7-4-12(9-19(18)26)27-22(29)11-2-1-3-13(8-11)28-23(30)20-14-5-6-15(17-10-16(14)17)21(20)24(28)31/h1-9,14-17,20-21H,10H2,(H,27,29)/t14-,15-,16-,17-,20+,21+/m0/s1. The average Bonchev–Trinajstić information content (AvgIpc) is 3.54. The number of hydrogen-bond acceptors (Lipinski definition) is 3. The molecule has 0 spiro atoms. The van der Waals surface area contributed by atoms with E-state index in [1.165, 1.54) is 4.90 Å². The summed E-state index contributed by atoms with van der Waals surface area (Å²) >= 11 is 9.43. The van der Waals surface area contributed by atoms with Gasteiger partial charge in [-0.05, 0) is 82.4 Å². The third-order valence-corrected chi connectivity index (χ3v) is 8.44. The summed E-state index contributed by atoms with van der Waals surface area (Å²) in [5.41, 5.74) is 1.39. The molecule has 5 nitrogen and oxygen atoms in total. The fraction of sp³-hybridized carbons (Fsp3) is 0.292. The molecular weight excluding hydrogens is 480 g/mol. The second kappa shape index (κ2) is 6.78. The first-order chi connectivity index (χ1) is 14.9. The lowest BCUT2D eigenvalue weighted by Gasteiger charge is -2.37. The Labute approximate surface area is 192 Å². The van der Waals surface area contributed by atoms with Crippen molar-refractivity contribution in [2.45, 2.75) is 6.42 Å². The van der Waals surface area contributed by atoms with Crippen LogP contribution in [0.1, 0.15) is 16.8 Å². The minimum atomic E-state index is -0.334. The van der Waals surface area contributed by atoms with Crippen LogP contribution in [0.5, 0.6) is 0 Å². The van der Waals surface area contributed by atoms with E-state index in [0.717, 1.165) is 10.9 Å². The number of halogens is 2. The van der Waals surface area contributed by atoms with E-state index in [-0.39, 0.29) is 41.4 Å². The molecule has 2 saturated carbocycles. The predicted molar refractivity (Wildman–Crippen MR) is 121 cm³/mol. The zero-order valence-electron chi connectivity index (χ0n) is 16.3. The van der Waals surface area contributed by atoms with Gasteiger partial charge < -0.3 is 5.32 Å². The molecule has 1 saturated heterocycles. The van der Waals surface area contributed by atoms with Crippen LogP contribution in [0.4, 0.5) is 11.4 Å². The summed E-state index contributed by atoms with van der Waals surface area (Å²) < 4.78 is 0.739. The van der Waals surface area contributed by atoms with Crippen molar-refractivity contribution in [2.75, 3.05) is 10.2 Å². The molecule has 5 aliphatic rings. The van der Waals surface area contributed by atoms with E-state index in [9.17, 15) is 14.4 Å². The number of nitrogens with one attached hydrogen (secondary N) is 1. The maximum absolute atomic E-state index is 13.3. The first-order valence-corrected chi connectivity index (χ1v) is 11.5. The van der Waals surface area contributed by atoms with Gasteiger partial charge in [-0.25, -0.2) is 4.90 Å². The van der Waals surface area contributed by atoms with Gasteiger partial charge in [0.05, 0.1) is 22.5 Å². The minimum absolute atomic E-state index is 0.128. The molecule has 2 aromatic rings. The summed E-state index contributed by atoms with van der Waals surface area (Å²) in [6.07, 6.45) is 5.44. The molecule has 3 amide bonds. The van der Waals surface area contributed by atoms with Gasteiger partial charge in [0, 0.05) is 15.7 Å². The number of carbonyl (C=O) groups excluding carboxylic acids is 3. The molecule has 4 aliphatic carbocycles. The van der Waals surface area contributed by atoms with Crippen molar-refractivity contribution in [3.8, 4) is 0 Å². The lowest BCUT2D eigenvalue weighted by molar-refractivity contribution is -0.124. The van der Waals surface area contributed by atoms with Crippen molar-refractivity contribution >= 4 is 56.6 Å². The number of anilines is 2. The van der Waals surface area contributed by atoms with Crippen LogP contribution in [0.2, 0.25) is 5.02 Å². The van der Waals surface area contributed by atoms with Crippen molar-refractivity contribution in [2.24, 2.45) is 35.5 Å². The molecule has 1 aliphatic heterocycles. The third-order valence-electron chi connectivity index (χ3n) is 7.21. The first-order valence-electron chi connectivity index (χ1n) is 10.4. The van der Waals surface area contributed by atoms with E-state index >= 15 is 0 Å². The van der Waals surface area contributed by atoms with Crippen molar-refractivity contribution < 1.29 is 14.4 Å². The normalized spacial score (nSPS) is 32.1. The van der Waals surface area contributed by atoms with Gasteiger partial charge in [-0.3, -0.25) is 14.4 Å². The second-order valence-electron chi connectivity index (χ2n) is 8.80. The molecule has 156 valence electrons. The second-order valence-corrected chi connectivity index (χ2v) is 10.1. The van der Waals surface area contributed by atoms with E-state index in [1.54, 1.807) is 42.5 Å². The molecule has 31 heavy (non-hydrogen) atoms. The SMILES string of the molecule is O=C(Nc1ccc(Br)c(Cl)c1)c1cccc(N2C(=O)[C@@H]3[C@H]4C=C[C@@H]([C@@H]5C[C@@H]45)[C@H]3C2=O)c1. The Morgan fingerprint density at radius 1 is 1.00 bits per heavy atom. The van der Waals surface area contributed by atoms with Crippen LogP contribution in [0.3, 0.4) is 0 Å². The lowest BCUT2D eigenvalue weighted by Crippen LogP contribution is -2.40. The molecular formula is C24H18BrClN2O3. The van der Waals surface area contributed by atoms with Crippen LogP contribution in [-0.2, 0) is 9.59 Å². The molecule has 0 aromatic heterocycles. The topological polar surface area (TPSA) is 66.5 Å². The number of amides is 3. The molecule has 0 radical (unpaired) electrons. The van der Waals surface area contributed by atoms with Gasteiger partial charge in [0.15, 0.2) is 0 Å². The van der Waals surface area contributed by atoms with Gasteiger partial charge in [-0.1, -0.05) is 29.8 Å². The van der Waals surface area contributed by atoms with Crippen molar-refractivity contribution in [3.05, 3.63) is 69.7 Å². The van der Waals surface area contributed by atoms with E-state index < -0.39 is 0 Å². The third kappa shape index (κ3) is 2.84. The Kier molecular flexibility index (Phi) is 4.21. The van der Waals surface area contributed by atoms with Crippen LogP contribution < -0.4 is 10.2 Å². The van der Waals surface area contributed by atoms with Gasteiger partial charge in [0.1, 0.15) is 0 Å². The zero-order valence-corrected chi connectivity index (χ0v) is 18.6. The van der Waals surface area contributed by atoms with Gasteiger partial charge in [0.25, 0.3) is 5.91 Å². The molecule has 1 heterocycles. The van der Waals surface area contributed by atoms with E-state index in [0.29, 0.717) is 33.8 Å². The summed E-state index contributed by atoms with van der Waals surface area (Å²) in [6, 6.07) is 11.8. The Bertz CT molecular complexity index is 1160. The highest BCUT2D eigenvalue weighted by molar-refractivity contribution is 9.10. The highest BCUT2D eigenvalue weighted by Crippen LogP contribution is 2.65. The molecule has 0 unspecified atom stereocenters. The summed E-state index contributed by atoms with van der Waals surface area (Å²) in [4.78, 5) is 40.7. The van der Waals surface area contributed by atoms with Crippen molar-refractivity contribution in [3.63, 3.8) is 0 Å². The molecule has 6 atom stereocenters. The molecule has 2 bridgehead atoms. The zero-order chi connectivity index (χ0) is 21.4. The van der Waals surface area contributed by atoms with E-state index in [1.807, 2.05) is 0 Å². The van der Waals surface area contributed by atoms with Gasteiger partial charge in [-0.2, -0.15) is 0 Å². The van der Waals surface area contributed by atoms with E-state index in [2.05, 4.69) is 33.4 Å². The number of imide groups is 1. The number of nitrogens with zero attached hydrogens (tertiary/aromatic N) is 1. The maximum atomic E-state index is 13.3. The maximum Gasteiger partial charge on any atom is 0.255 e. The molecule has 2 aromatic carbocycles. The number of rotatable bonds is 3. The van der Waals surface area contributed by atoms with Gasteiger partial charge in [0.2, 0.25) is 11.8 Å². The first kappa shape index (κ1) is 19.3. The lowest BCUT2D eigenvalue weighted by atomic mass is 9.63. The van der Waals surface area contributed by atoms with Crippen molar-refractivity contribution in [1.82, 2.24) is 0 Å². The molecule has 7 rings (SSSR count). The summed E-state index contributed by atoms with van der Waals surface area (Å²) in [5.74, 6) is 0.367. The monoisotopic (exact) mass is 496 g/mol. The number of hydrogen-bond donors (Lipinski definition) is 1. The predicted octanol–water partition coefficient (Wildman–Crippen LogP) is 4.91. The summed E-state index contributed by atoms with van der Waals surface area (Å²) in [6.45, 7) is 0. The van der Waals surface area contributed by atoms with E-state index in [4.69, 9.17) is 11.6 Å². The van der Waals surface area contributed by atoms with Crippen LogP contribution in [0.25, 0.3) is 0 Å². The number of carbonyl (C=O) groups is 3. The average molecular weight is 498 g/mol. The Morgan fingerprint density at radius 2 is 1.68 bits per heavy atom. The Morgan fingerprint density at radius 3 is 2.32 bits per heavy atom. The molecule has 7 heteroatoms. The summed E-state index contributed by atoms with van der Waals surface area (Å²) in [7, 11) is 0. The van der Waals surface area contributed by atoms with Gasteiger partial charge in [-0.15, -0.1) is 0 Å². The van der Waals surface area contributed by atoms with Crippen molar-refractivity contribution in [1.29, 1.82) is 0 Å². The fourth-order valence-electron chi connectivity index (χ4n) is 5.77. The molecule has 1 N–H and O–H groups in total. The largest absolute Gasteiger partial charge is 0.322 e. The highest BCUT2D eigenvalue weighted by Gasteiger charge is 2.67. The Hall–Kier alpha value is -2.44.